The summed E-state index contributed by atoms with van der Waals surface area (Å²) in [5, 5.41) is 6.61. The summed E-state index contributed by atoms with van der Waals surface area (Å²) < 4.78 is 0. The van der Waals surface area contributed by atoms with Crippen molar-refractivity contribution >= 4 is 30.7 Å². The fourth-order valence-electron chi connectivity index (χ4n) is 4.16. The lowest BCUT2D eigenvalue weighted by molar-refractivity contribution is -0.134. The minimum absolute atomic E-state index is 0. The van der Waals surface area contributed by atoms with Gasteiger partial charge in [-0.05, 0) is 16.7 Å². The summed E-state index contributed by atoms with van der Waals surface area (Å²) in [6.07, 6.45) is 1.62. The standard InChI is InChI=1S/C21H25N3O.2ClH/c25-20(23-16-17-6-2-1-3-7-17)21(24-12-10-22-11-13-24)14-18-8-4-5-9-19(18)15-21;;/h1-9,22H,10-16H2,(H,23,25);2*1H. The van der Waals surface area contributed by atoms with Crippen LogP contribution in [0.4, 0.5) is 0 Å². The van der Waals surface area contributed by atoms with Gasteiger partial charge in [0.25, 0.3) is 0 Å². The van der Waals surface area contributed by atoms with Gasteiger partial charge < -0.3 is 10.6 Å². The highest BCUT2D eigenvalue weighted by Gasteiger charge is 2.48. The predicted octanol–water partition coefficient (Wildman–Crippen LogP) is 2.59. The first-order valence-corrected chi connectivity index (χ1v) is 9.13. The zero-order chi connectivity index (χ0) is 17.1. The minimum atomic E-state index is -0.444. The number of hydrogen-bond donors (Lipinski definition) is 2. The monoisotopic (exact) mass is 407 g/mol. The third-order valence-electron chi connectivity index (χ3n) is 5.53. The van der Waals surface area contributed by atoms with E-state index in [2.05, 4.69) is 51.9 Å². The SMILES string of the molecule is Cl.Cl.O=C(NCc1ccccc1)C1(N2CCNCC2)Cc2ccccc2C1. The number of halogens is 2. The number of nitrogens with one attached hydrogen (secondary N) is 2. The second-order valence-electron chi connectivity index (χ2n) is 7.06. The van der Waals surface area contributed by atoms with Gasteiger partial charge in [0.05, 0.1) is 0 Å². The molecule has 2 aliphatic rings. The van der Waals surface area contributed by atoms with Crippen LogP contribution in [0.1, 0.15) is 16.7 Å². The van der Waals surface area contributed by atoms with E-state index in [1.807, 2.05) is 18.2 Å². The molecular weight excluding hydrogens is 381 g/mol. The van der Waals surface area contributed by atoms with E-state index in [1.54, 1.807) is 0 Å². The van der Waals surface area contributed by atoms with Crippen molar-refractivity contribution in [2.24, 2.45) is 0 Å². The summed E-state index contributed by atoms with van der Waals surface area (Å²) in [4.78, 5) is 15.7. The highest BCUT2D eigenvalue weighted by Crippen LogP contribution is 2.35. The topological polar surface area (TPSA) is 44.4 Å². The molecule has 1 saturated heterocycles. The van der Waals surface area contributed by atoms with Crippen molar-refractivity contribution in [3.8, 4) is 0 Å². The first kappa shape index (κ1) is 21.7. The molecule has 2 N–H and O–H groups in total. The van der Waals surface area contributed by atoms with Crippen molar-refractivity contribution in [3.63, 3.8) is 0 Å². The first-order chi connectivity index (χ1) is 12.3. The van der Waals surface area contributed by atoms with Gasteiger partial charge in [-0.1, -0.05) is 54.6 Å². The molecule has 146 valence electrons. The molecule has 0 atom stereocenters. The number of fused-ring (bicyclic) bond motifs is 1. The Bertz CT molecular complexity index is 723. The number of rotatable bonds is 4. The number of benzene rings is 2. The van der Waals surface area contributed by atoms with Gasteiger partial charge in [-0.25, -0.2) is 0 Å². The zero-order valence-corrected chi connectivity index (χ0v) is 17.0. The smallest absolute Gasteiger partial charge is 0.241 e. The van der Waals surface area contributed by atoms with E-state index < -0.39 is 5.54 Å². The lowest BCUT2D eigenvalue weighted by atomic mass is 9.91. The van der Waals surface area contributed by atoms with Crippen LogP contribution in [-0.2, 0) is 24.2 Å². The maximum Gasteiger partial charge on any atom is 0.241 e. The van der Waals surface area contributed by atoms with Crippen LogP contribution in [0.3, 0.4) is 0 Å². The Morgan fingerprint density at radius 2 is 1.48 bits per heavy atom. The number of hydrogen-bond acceptors (Lipinski definition) is 3. The van der Waals surface area contributed by atoms with Gasteiger partial charge in [0.1, 0.15) is 5.54 Å². The lowest BCUT2D eigenvalue weighted by Gasteiger charge is -2.42. The molecule has 0 spiro atoms. The van der Waals surface area contributed by atoms with Gasteiger partial charge in [0.15, 0.2) is 0 Å². The number of piperazine rings is 1. The summed E-state index contributed by atoms with van der Waals surface area (Å²) >= 11 is 0. The van der Waals surface area contributed by atoms with Crippen molar-refractivity contribution in [2.75, 3.05) is 26.2 Å². The summed E-state index contributed by atoms with van der Waals surface area (Å²) in [5.74, 6) is 0.162. The van der Waals surface area contributed by atoms with Crippen LogP contribution >= 0.6 is 24.8 Å². The van der Waals surface area contributed by atoms with Gasteiger partial charge in [-0.15, -0.1) is 24.8 Å². The molecule has 0 saturated carbocycles. The van der Waals surface area contributed by atoms with E-state index in [9.17, 15) is 4.79 Å². The second kappa shape index (κ2) is 9.56. The van der Waals surface area contributed by atoms with Crippen molar-refractivity contribution < 1.29 is 4.79 Å². The summed E-state index contributed by atoms with van der Waals surface area (Å²) in [7, 11) is 0. The normalized spacial score (nSPS) is 17.9. The molecule has 4 nitrogen and oxygen atoms in total. The van der Waals surface area contributed by atoms with Crippen LogP contribution < -0.4 is 10.6 Å². The van der Waals surface area contributed by atoms with E-state index in [4.69, 9.17) is 0 Å². The lowest BCUT2D eigenvalue weighted by Crippen LogP contribution is -2.63. The fraction of sp³-hybridized carbons (Fsp3) is 0.381. The van der Waals surface area contributed by atoms with Crippen LogP contribution in [0.5, 0.6) is 0 Å². The Morgan fingerprint density at radius 1 is 0.926 bits per heavy atom. The molecule has 1 amide bonds. The molecule has 1 fully saturated rings. The minimum Gasteiger partial charge on any atom is -0.350 e. The van der Waals surface area contributed by atoms with E-state index in [-0.39, 0.29) is 30.7 Å². The molecule has 0 radical (unpaired) electrons. The molecule has 1 aliphatic carbocycles. The van der Waals surface area contributed by atoms with Crippen molar-refractivity contribution in [1.29, 1.82) is 0 Å². The van der Waals surface area contributed by atoms with Gasteiger partial charge in [-0.2, -0.15) is 0 Å². The van der Waals surface area contributed by atoms with Crippen molar-refractivity contribution in [2.45, 2.75) is 24.9 Å². The predicted molar refractivity (Wildman–Crippen MR) is 114 cm³/mol. The molecular formula is C21H27Cl2N3O. The number of nitrogens with zero attached hydrogens (tertiary/aromatic N) is 1. The fourth-order valence-corrected chi connectivity index (χ4v) is 4.16. The Kier molecular flexibility index (Phi) is 7.68. The average Bonchev–Trinajstić information content (AvgIpc) is 3.08. The molecule has 1 heterocycles. The average molecular weight is 408 g/mol. The molecule has 0 aromatic heterocycles. The van der Waals surface area contributed by atoms with E-state index in [0.29, 0.717) is 6.54 Å². The highest BCUT2D eigenvalue weighted by atomic mass is 35.5. The highest BCUT2D eigenvalue weighted by molar-refractivity contribution is 5.88. The van der Waals surface area contributed by atoms with Crippen LogP contribution in [-0.4, -0.2) is 42.5 Å². The first-order valence-electron chi connectivity index (χ1n) is 9.13. The van der Waals surface area contributed by atoms with Gasteiger partial charge in [0, 0.05) is 45.6 Å². The maximum atomic E-state index is 13.3. The summed E-state index contributed by atoms with van der Waals surface area (Å²) in [5.41, 5.74) is 3.33. The Balaban J connectivity index is 0.00000131. The second-order valence-corrected chi connectivity index (χ2v) is 7.06. The molecule has 1 aliphatic heterocycles. The zero-order valence-electron chi connectivity index (χ0n) is 15.3. The number of carbonyl (C=O) groups excluding carboxylic acids is 1. The molecule has 0 unspecified atom stereocenters. The molecule has 4 rings (SSSR count). The van der Waals surface area contributed by atoms with Crippen LogP contribution in [0.25, 0.3) is 0 Å². The maximum absolute atomic E-state index is 13.3. The van der Waals surface area contributed by atoms with E-state index in [0.717, 1.165) is 44.6 Å². The molecule has 2 aromatic rings. The van der Waals surface area contributed by atoms with Gasteiger partial charge in [0.2, 0.25) is 5.91 Å². The Labute approximate surface area is 173 Å². The quantitative estimate of drug-likeness (QED) is 0.818. The molecule has 2 aromatic carbocycles. The van der Waals surface area contributed by atoms with Crippen LogP contribution in [0.15, 0.2) is 54.6 Å². The van der Waals surface area contributed by atoms with Crippen molar-refractivity contribution in [1.82, 2.24) is 15.5 Å². The molecule has 6 heteroatoms. The van der Waals surface area contributed by atoms with Crippen LogP contribution in [0.2, 0.25) is 0 Å². The van der Waals surface area contributed by atoms with E-state index >= 15 is 0 Å². The number of amides is 1. The summed E-state index contributed by atoms with van der Waals surface area (Å²) in [6, 6.07) is 18.6. The Hall–Kier alpha value is -1.59. The van der Waals surface area contributed by atoms with Crippen LogP contribution in [0, 0.1) is 0 Å². The largest absolute Gasteiger partial charge is 0.350 e. The van der Waals surface area contributed by atoms with E-state index in [1.165, 1.54) is 11.1 Å². The third kappa shape index (κ3) is 4.46. The summed E-state index contributed by atoms with van der Waals surface area (Å²) in [6.45, 7) is 4.33. The van der Waals surface area contributed by atoms with Gasteiger partial charge >= 0.3 is 0 Å². The third-order valence-corrected chi connectivity index (χ3v) is 5.53. The van der Waals surface area contributed by atoms with Crippen molar-refractivity contribution in [3.05, 3.63) is 71.3 Å². The molecule has 27 heavy (non-hydrogen) atoms. The van der Waals surface area contributed by atoms with Gasteiger partial charge in [-0.3, -0.25) is 9.69 Å². The molecule has 0 bridgehead atoms. The number of carbonyl (C=O) groups is 1. The Morgan fingerprint density at radius 3 is 2.07 bits per heavy atom.